The van der Waals surface area contributed by atoms with E-state index in [-0.39, 0.29) is 11.8 Å². The summed E-state index contributed by atoms with van der Waals surface area (Å²) in [6, 6.07) is 3.60. The number of rotatable bonds is 6. The van der Waals surface area contributed by atoms with E-state index < -0.39 is 5.97 Å². The SMILES string of the molecule is COC(=O)c1ccc(C(C)NCC2(C(C)C)CC2)o1. The standard InChI is InChI=1S/C15H23NO3/c1-10(2)15(7-8-15)9-16-11(3)12-5-6-13(19-12)14(17)18-4/h5-6,10-11,16H,7-9H2,1-4H3. The van der Waals surface area contributed by atoms with Crippen LogP contribution in [0.4, 0.5) is 0 Å². The minimum absolute atomic E-state index is 0.106. The predicted molar refractivity (Wildman–Crippen MR) is 73.0 cm³/mol. The van der Waals surface area contributed by atoms with E-state index in [1.54, 1.807) is 6.07 Å². The molecule has 0 bridgehead atoms. The lowest BCUT2D eigenvalue weighted by molar-refractivity contribution is 0.0562. The van der Waals surface area contributed by atoms with Crippen LogP contribution >= 0.6 is 0 Å². The number of carbonyl (C=O) groups excluding carboxylic acids is 1. The highest BCUT2D eigenvalue weighted by Crippen LogP contribution is 2.51. The fourth-order valence-electron chi connectivity index (χ4n) is 2.37. The Bertz CT molecular complexity index is 446. The van der Waals surface area contributed by atoms with Gasteiger partial charge in [-0.25, -0.2) is 4.79 Å². The van der Waals surface area contributed by atoms with E-state index in [0.717, 1.165) is 12.3 Å². The highest BCUT2D eigenvalue weighted by molar-refractivity contribution is 5.86. The van der Waals surface area contributed by atoms with Crippen molar-refractivity contribution in [1.29, 1.82) is 0 Å². The predicted octanol–water partition coefficient (Wildman–Crippen LogP) is 3.15. The summed E-state index contributed by atoms with van der Waals surface area (Å²) in [5.74, 6) is 1.31. The largest absolute Gasteiger partial charge is 0.463 e. The Hall–Kier alpha value is -1.29. The first kappa shape index (κ1) is 14.1. The average molecular weight is 265 g/mol. The first-order valence-electron chi connectivity index (χ1n) is 6.90. The molecule has 1 atom stereocenters. The molecule has 0 aromatic carbocycles. The van der Waals surface area contributed by atoms with E-state index in [1.165, 1.54) is 20.0 Å². The second-order valence-electron chi connectivity index (χ2n) is 5.81. The lowest BCUT2D eigenvalue weighted by Gasteiger charge is -2.22. The Labute approximate surface area is 114 Å². The molecule has 1 N–H and O–H groups in total. The lowest BCUT2D eigenvalue weighted by Crippen LogP contribution is -2.29. The molecule has 1 fully saturated rings. The van der Waals surface area contributed by atoms with E-state index in [1.807, 2.05) is 6.07 Å². The second-order valence-corrected chi connectivity index (χ2v) is 5.81. The number of esters is 1. The molecule has 0 aliphatic heterocycles. The molecule has 1 aromatic heterocycles. The van der Waals surface area contributed by atoms with Gasteiger partial charge in [0.15, 0.2) is 0 Å². The Morgan fingerprint density at radius 1 is 1.42 bits per heavy atom. The Morgan fingerprint density at radius 2 is 2.11 bits per heavy atom. The van der Waals surface area contributed by atoms with E-state index in [9.17, 15) is 4.79 Å². The van der Waals surface area contributed by atoms with Crippen LogP contribution < -0.4 is 5.32 Å². The molecule has 4 heteroatoms. The number of methoxy groups -OCH3 is 1. The van der Waals surface area contributed by atoms with E-state index >= 15 is 0 Å². The number of hydrogen-bond donors (Lipinski definition) is 1. The molecule has 0 saturated heterocycles. The third-order valence-corrected chi connectivity index (χ3v) is 4.32. The third kappa shape index (κ3) is 3.00. The van der Waals surface area contributed by atoms with Gasteiger partial charge in [-0.1, -0.05) is 13.8 Å². The zero-order chi connectivity index (χ0) is 14.0. The molecule has 1 aliphatic carbocycles. The average Bonchev–Trinajstić information content (AvgIpc) is 3.04. The van der Waals surface area contributed by atoms with Crippen molar-refractivity contribution in [3.05, 3.63) is 23.7 Å². The summed E-state index contributed by atoms with van der Waals surface area (Å²) in [7, 11) is 1.35. The normalized spacial score (nSPS) is 18.4. The number of carbonyl (C=O) groups is 1. The Balaban J connectivity index is 1.91. The van der Waals surface area contributed by atoms with Crippen LogP contribution in [0.1, 0.15) is 56.0 Å². The fraction of sp³-hybridized carbons (Fsp3) is 0.667. The van der Waals surface area contributed by atoms with Crippen molar-refractivity contribution >= 4 is 5.97 Å². The van der Waals surface area contributed by atoms with Gasteiger partial charge in [-0.3, -0.25) is 0 Å². The van der Waals surface area contributed by atoms with Crippen LogP contribution in [0.15, 0.2) is 16.5 Å². The molecule has 4 nitrogen and oxygen atoms in total. The summed E-state index contributed by atoms with van der Waals surface area (Å²) in [5, 5.41) is 3.51. The van der Waals surface area contributed by atoms with Crippen molar-refractivity contribution < 1.29 is 13.9 Å². The zero-order valence-corrected chi connectivity index (χ0v) is 12.2. The molecule has 19 heavy (non-hydrogen) atoms. The minimum atomic E-state index is -0.431. The maximum Gasteiger partial charge on any atom is 0.373 e. The number of hydrogen-bond acceptors (Lipinski definition) is 4. The van der Waals surface area contributed by atoms with Crippen LogP contribution in [0.25, 0.3) is 0 Å². The topological polar surface area (TPSA) is 51.5 Å². The highest BCUT2D eigenvalue weighted by atomic mass is 16.5. The van der Waals surface area contributed by atoms with Crippen LogP contribution in [-0.2, 0) is 4.74 Å². The molecule has 0 spiro atoms. The summed E-state index contributed by atoms with van der Waals surface area (Å²) in [4.78, 5) is 11.3. The summed E-state index contributed by atoms with van der Waals surface area (Å²) in [5.41, 5.74) is 0.464. The molecule has 2 rings (SSSR count). The van der Waals surface area contributed by atoms with Gasteiger partial charge in [-0.2, -0.15) is 0 Å². The van der Waals surface area contributed by atoms with E-state index in [2.05, 4.69) is 30.8 Å². The van der Waals surface area contributed by atoms with Crippen LogP contribution in [0, 0.1) is 11.3 Å². The third-order valence-electron chi connectivity index (χ3n) is 4.32. The van der Waals surface area contributed by atoms with Crippen molar-refractivity contribution in [1.82, 2.24) is 5.32 Å². The maximum atomic E-state index is 11.3. The molecule has 0 radical (unpaired) electrons. The Kier molecular flexibility index (Phi) is 3.99. The molecule has 1 heterocycles. The molecule has 1 unspecified atom stereocenters. The summed E-state index contributed by atoms with van der Waals surface area (Å²) in [6.07, 6.45) is 2.60. The molecule has 1 aliphatic rings. The molecule has 1 saturated carbocycles. The molecular formula is C15H23NO3. The highest BCUT2D eigenvalue weighted by Gasteiger charge is 2.45. The van der Waals surface area contributed by atoms with Gasteiger partial charge in [0, 0.05) is 6.54 Å². The van der Waals surface area contributed by atoms with Crippen molar-refractivity contribution in [2.24, 2.45) is 11.3 Å². The molecule has 1 aromatic rings. The lowest BCUT2D eigenvalue weighted by atomic mass is 9.92. The van der Waals surface area contributed by atoms with Crippen LogP contribution in [0.2, 0.25) is 0 Å². The van der Waals surface area contributed by atoms with Gasteiger partial charge in [0.1, 0.15) is 5.76 Å². The summed E-state index contributed by atoms with van der Waals surface area (Å²) < 4.78 is 10.1. The van der Waals surface area contributed by atoms with Crippen molar-refractivity contribution in [3.63, 3.8) is 0 Å². The maximum absolute atomic E-state index is 11.3. The Morgan fingerprint density at radius 3 is 2.63 bits per heavy atom. The quantitative estimate of drug-likeness (QED) is 0.803. The van der Waals surface area contributed by atoms with E-state index in [4.69, 9.17) is 4.42 Å². The number of nitrogens with one attached hydrogen (secondary N) is 1. The fourth-order valence-corrected chi connectivity index (χ4v) is 2.37. The van der Waals surface area contributed by atoms with Gasteiger partial charge < -0.3 is 14.5 Å². The van der Waals surface area contributed by atoms with Crippen molar-refractivity contribution in [2.45, 2.75) is 39.7 Å². The molecule has 0 amide bonds. The van der Waals surface area contributed by atoms with Crippen molar-refractivity contribution in [3.8, 4) is 0 Å². The van der Waals surface area contributed by atoms with Gasteiger partial charge in [-0.05, 0) is 43.2 Å². The van der Waals surface area contributed by atoms with Crippen LogP contribution in [0.3, 0.4) is 0 Å². The zero-order valence-electron chi connectivity index (χ0n) is 12.2. The van der Waals surface area contributed by atoms with E-state index in [0.29, 0.717) is 11.3 Å². The van der Waals surface area contributed by atoms with Gasteiger partial charge in [0.05, 0.1) is 13.2 Å². The smallest absolute Gasteiger partial charge is 0.373 e. The minimum Gasteiger partial charge on any atom is -0.463 e. The molecular weight excluding hydrogens is 242 g/mol. The first-order chi connectivity index (χ1) is 8.98. The second kappa shape index (κ2) is 5.37. The first-order valence-corrected chi connectivity index (χ1v) is 6.90. The van der Waals surface area contributed by atoms with Gasteiger partial charge in [0.2, 0.25) is 5.76 Å². The van der Waals surface area contributed by atoms with Crippen LogP contribution in [0.5, 0.6) is 0 Å². The monoisotopic (exact) mass is 265 g/mol. The van der Waals surface area contributed by atoms with Crippen molar-refractivity contribution in [2.75, 3.05) is 13.7 Å². The van der Waals surface area contributed by atoms with Gasteiger partial charge >= 0.3 is 5.97 Å². The number of furan rings is 1. The van der Waals surface area contributed by atoms with Crippen LogP contribution in [-0.4, -0.2) is 19.6 Å². The van der Waals surface area contributed by atoms with Gasteiger partial charge in [-0.15, -0.1) is 0 Å². The number of ether oxygens (including phenoxy) is 1. The summed E-state index contributed by atoms with van der Waals surface area (Å²) in [6.45, 7) is 7.61. The van der Waals surface area contributed by atoms with Gasteiger partial charge in [0.25, 0.3) is 0 Å². The summed E-state index contributed by atoms with van der Waals surface area (Å²) >= 11 is 0. The molecule has 106 valence electrons.